The topological polar surface area (TPSA) is 68.3 Å². The standard InChI is InChI=1S/C20H16N2O3S/c23-20(17-11-19(25-22-17)14-5-2-1-3-6-14)21-12-16(15-8-10-26-13-15)18-7-4-9-24-18/h1-11,13,16H,12H2,(H,21,23). The number of nitrogens with zero attached hydrogens (tertiary/aromatic N) is 1. The predicted molar refractivity (Wildman–Crippen MR) is 99.1 cm³/mol. The summed E-state index contributed by atoms with van der Waals surface area (Å²) in [6.45, 7) is 0.413. The minimum atomic E-state index is -0.275. The summed E-state index contributed by atoms with van der Waals surface area (Å²) in [5.74, 6) is 1.06. The lowest BCUT2D eigenvalue weighted by Crippen LogP contribution is -2.28. The van der Waals surface area contributed by atoms with Gasteiger partial charge < -0.3 is 14.3 Å². The summed E-state index contributed by atoms with van der Waals surface area (Å²) in [7, 11) is 0. The highest BCUT2D eigenvalue weighted by Gasteiger charge is 2.20. The zero-order valence-corrected chi connectivity index (χ0v) is 14.6. The first-order valence-corrected chi connectivity index (χ1v) is 9.11. The van der Waals surface area contributed by atoms with E-state index < -0.39 is 0 Å². The Morgan fingerprint density at radius 3 is 2.77 bits per heavy atom. The number of benzene rings is 1. The molecular formula is C20H16N2O3S. The summed E-state index contributed by atoms with van der Waals surface area (Å²) in [6, 6.07) is 17.0. The summed E-state index contributed by atoms with van der Waals surface area (Å²) in [4.78, 5) is 12.5. The number of carbonyl (C=O) groups is 1. The molecule has 0 saturated carbocycles. The van der Waals surface area contributed by atoms with Gasteiger partial charge in [-0.2, -0.15) is 11.3 Å². The SMILES string of the molecule is O=C(NCC(c1ccsc1)c1ccco1)c1cc(-c2ccccc2)on1. The molecule has 3 heterocycles. The third-order valence-electron chi connectivity index (χ3n) is 4.10. The molecule has 26 heavy (non-hydrogen) atoms. The van der Waals surface area contributed by atoms with Crippen LogP contribution in [0.5, 0.6) is 0 Å². The average molecular weight is 364 g/mol. The van der Waals surface area contributed by atoms with Crippen molar-refractivity contribution < 1.29 is 13.7 Å². The van der Waals surface area contributed by atoms with Gasteiger partial charge in [-0.15, -0.1) is 0 Å². The van der Waals surface area contributed by atoms with Crippen molar-refractivity contribution in [1.29, 1.82) is 0 Å². The molecule has 1 amide bonds. The van der Waals surface area contributed by atoms with Gasteiger partial charge in [-0.3, -0.25) is 4.79 Å². The number of aromatic nitrogens is 1. The van der Waals surface area contributed by atoms with E-state index in [9.17, 15) is 4.79 Å². The molecule has 130 valence electrons. The van der Waals surface area contributed by atoms with E-state index in [-0.39, 0.29) is 17.5 Å². The van der Waals surface area contributed by atoms with Crippen LogP contribution in [0.15, 0.2) is 80.6 Å². The molecule has 1 unspecified atom stereocenters. The Morgan fingerprint density at radius 2 is 2.04 bits per heavy atom. The van der Waals surface area contributed by atoms with Crippen molar-refractivity contribution >= 4 is 17.2 Å². The Bertz CT molecular complexity index is 926. The molecule has 1 aromatic carbocycles. The van der Waals surface area contributed by atoms with Gasteiger partial charge in [0.2, 0.25) is 0 Å². The maximum Gasteiger partial charge on any atom is 0.273 e. The van der Waals surface area contributed by atoms with Crippen molar-refractivity contribution in [2.45, 2.75) is 5.92 Å². The zero-order valence-electron chi connectivity index (χ0n) is 13.8. The smallest absolute Gasteiger partial charge is 0.273 e. The number of furan rings is 1. The van der Waals surface area contributed by atoms with Crippen LogP contribution in [0.4, 0.5) is 0 Å². The number of hydrogen-bond donors (Lipinski definition) is 1. The second-order valence-electron chi connectivity index (χ2n) is 5.78. The molecule has 0 aliphatic heterocycles. The fraction of sp³-hybridized carbons (Fsp3) is 0.100. The zero-order chi connectivity index (χ0) is 17.8. The third-order valence-corrected chi connectivity index (χ3v) is 4.80. The van der Waals surface area contributed by atoms with E-state index >= 15 is 0 Å². The highest BCUT2D eigenvalue weighted by molar-refractivity contribution is 7.08. The van der Waals surface area contributed by atoms with Crippen molar-refractivity contribution in [3.8, 4) is 11.3 Å². The van der Waals surface area contributed by atoms with Crippen molar-refractivity contribution in [1.82, 2.24) is 10.5 Å². The lowest BCUT2D eigenvalue weighted by atomic mass is 9.99. The molecule has 0 aliphatic rings. The van der Waals surface area contributed by atoms with E-state index in [2.05, 4.69) is 15.9 Å². The van der Waals surface area contributed by atoms with Gasteiger partial charge in [0.15, 0.2) is 11.5 Å². The van der Waals surface area contributed by atoms with Crippen LogP contribution in [0, 0.1) is 0 Å². The van der Waals surface area contributed by atoms with E-state index in [0.29, 0.717) is 12.3 Å². The second kappa shape index (κ2) is 7.41. The highest BCUT2D eigenvalue weighted by atomic mass is 32.1. The highest BCUT2D eigenvalue weighted by Crippen LogP contribution is 2.26. The maximum atomic E-state index is 12.5. The van der Waals surface area contributed by atoms with Crippen molar-refractivity contribution in [3.05, 3.63) is 88.6 Å². The Hall–Kier alpha value is -3.12. The van der Waals surface area contributed by atoms with Gasteiger partial charge in [0.25, 0.3) is 5.91 Å². The third kappa shape index (κ3) is 3.45. The van der Waals surface area contributed by atoms with Crippen LogP contribution in [0.2, 0.25) is 0 Å². The fourth-order valence-electron chi connectivity index (χ4n) is 2.75. The van der Waals surface area contributed by atoms with E-state index in [1.807, 2.05) is 53.9 Å². The fourth-order valence-corrected chi connectivity index (χ4v) is 3.47. The Kier molecular flexibility index (Phi) is 4.66. The van der Waals surface area contributed by atoms with Gasteiger partial charge in [0.1, 0.15) is 5.76 Å². The number of carbonyl (C=O) groups excluding carboxylic acids is 1. The lowest BCUT2D eigenvalue weighted by molar-refractivity contribution is 0.0943. The van der Waals surface area contributed by atoms with Crippen LogP contribution >= 0.6 is 11.3 Å². The van der Waals surface area contributed by atoms with Gasteiger partial charge in [-0.1, -0.05) is 35.5 Å². The molecule has 0 radical (unpaired) electrons. The van der Waals surface area contributed by atoms with E-state index in [4.69, 9.17) is 8.94 Å². The van der Waals surface area contributed by atoms with E-state index in [1.54, 1.807) is 23.7 Å². The largest absolute Gasteiger partial charge is 0.469 e. The molecule has 4 rings (SSSR count). The van der Waals surface area contributed by atoms with Gasteiger partial charge in [-0.05, 0) is 34.5 Å². The van der Waals surface area contributed by atoms with Gasteiger partial charge in [0, 0.05) is 18.2 Å². The minimum Gasteiger partial charge on any atom is -0.469 e. The van der Waals surface area contributed by atoms with Crippen LogP contribution < -0.4 is 5.32 Å². The van der Waals surface area contributed by atoms with Crippen LogP contribution in [0.25, 0.3) is 11.3 Å². The summed E-state index contributed by atoms with van der Waals surface area (Å²) in [5.41, 5.74) is 2.24. The van der Waals surface area contributed by atoms with E-state index in [0.717, 1.165) is 16.9 Å². The monoisotopic (exact) mass is 364 g/mol. The van der Waals surface area contributed by atoms with Gasteiger partial charge in [-0.25, -0.2) is 0 Å². The van der Waals surface area contributed by atoms with Crippen molar-refractivity contribution in [2.75, 3.05) is 6.54 Å². The molecule has 0 spiro atoms. The molecular weight excluding hydrogens is 348 g/mol. The average Bonchev–Trinajstić information content (AvgIpc) is 3.44. The number of hydrogen-bond acceptors (Lipinski definition) is 5. The quantitative estimate of drug-likeness (QED) is 0.545. The van der Waals surface area contributed by atoms with Crippen LogP contribution in [-0.2, 0) is 0 Å². The van der Waals surface area contributed by atoms with Crippen LogP contribution in [0.3, 0.4) is 0 Å². The molecule has 3 aromatic heterocycles. The Balaban J connectivity index is 1.47. The van der Waals surface area contributed by atoms with Gasteiger partial charge >= 0.3 is 0 Å². The molecule has 0 aliphatic carbocycles. The summed E-state index contributed by atoms with van der Waals surface area (Å²) in [5, 5.41) is 10.9. The predicted octanol–water partition coefficient (Wildman–Crippen LogP) is 4.56. The first-order chi connectivity index (χ1) is 12.8. The number of amides is 1. The van der Waals surface area contributed by atoms with Crippen molar-refractivity contribution in [2.24, 2.45) is 0 Å². The summed E-state index contributed by atoms with van der Waals surface area (Å²) < 4.78 is 10.8. The minimum absolute atomic E-state index is 0.0410. The first kappa shape index (κ1) is 16.4. The maximum absolute atomic E-state index is 12.5. The molecule has 0 fully saturated rings. The van der Waals surface area contributed by atoms with Crippen molar-refractivity contribution in [3.63, 3.8) is 0 Å². The second-order valence-corrected chi connectivity index (χ2v) is 6.56. The van der Waals surface area contributed by atoms with E-state index in [1.165, 1.54) is 0 Å². The molecule has 1 N–H and O–H groups in total. The van der Waals surface area contributed by atoms with Gasteiger partial charge in [0.05, 0.1) is 12.2 Å². The molecule has 0 saturated heterocycles. The lowest BCUT2D eigenvalue weighted by Gasteiger charge is -2.13. The molecule has 5 nitrogen and oxygen atoms in total. The molecule has 6 heteroatoms. The van der Waals surface area contributed by atoms with Crippen LogP contribution in [-0.4, -0.2) is 17.6 Å². The molecule has 0 bridgehead atoms. The summed E-state index contributed by atoms with van der Waals surface area (Å²) >= 11 is 1.62. The Morgan fingerprint density at radius 1 is 1.15 bits per heavy atom. The number of rotatable bonds is 6. The molecule has 1 atom stereocenters. The molecule has 4 aromatic rings. The summed E-state index contributed by atoms with van der Waals surface area (Å²) in [6.07, 6.45) is 1.64. The van der Waals surface area contributed by atoms with Crippen LogP contribution in [0.1, 0.15) is 27.7 Å². The first-order valence-electron chi connectivity index (χ1n) is 8.17. The number of thiophene rings is 1. The number of nitrogens with one attached hydrogen (secondary N) is 1. The normalized spacial score (nSPS) is 12.0. The Labute approximate surface area is 154 Å².